The van der Waals surface area contributed by atoms with Crippen LogP contribution < -0.4 is 9.47 Å². The lowest BCUT2D eigenvalue weighted by Crippen LogP contribution is -2.17. The smallest absolute Gasteiger partial charge is 0.353 e. The molecule has 3 atom stereocenters. The first kappa shape index (κ1) is 34.9. The van der Waals surface area contributed by atoms with Crippen molar-refractivity contribution in [3.8, 4) is 11.5 Å². The van der Waals surface area contributed by atoms with E-state index in [-0.39, 0.29) is 31.5 Å². The minimum atomic E-state index is -0.971. The van der Waals surface area contributed by atoms with Crippen LogP contribution in [0.2, 0.25) is 25.8 Å². The van der Waals surface area contributed by atoms with Crippen molar-refractivity contribution in [2.24, 2.45) is 0 Å². The number of hydrogen-bond acceptors (Lipinski definition) is 5. The van der Waals surface area contributed by atoms with Gasteiger partial charge in [-0.15, -0.1) is 0 Å². The van der Waals surface area contributed by atoms with Gasteiger partial charge in [-0.1, -0.05) is 37.4 Å². The zero-order chi connectivity index (χ0) is 28.1. The van der Waals surface area contributed by atoms with E-state index >= 15 is 0 Å². The van der Waals surface area contributed by atoms with Crippen molar-refractivity contribution in [3.05, 3.63) is 59.7 Å². The Morgan fingerprint density at radius 2 is 1.32 bits per heavy atom. The molecule has 11 heteroatoms. The molecule has 2 heterocycles. The molecule has 2 aromatic carbocycles. The number of aliphatic hydroxyl groups is 1. The third-order valence-corrected chi connectivity index (χ3v) is 5.02. The predicted octanol–water partition coefficient (Wildman–Crippen LogP) is 4.73. The highest BCUT2D eigenvalue weighted by atomic mass is 19.1. The predicted molar refractivity (Wildman–Crippen MR) is 146 cm³/mol. The molecule has 5 nitrogen and oxygen atoms in total. The Balaban J connectivity index is 0.000000553. The SMILES string of the molecule is CF.COc1ccc(Cc2ccc(OC)cc2)cc1.FCC1CO1.[B]C.[B]CC(O)CB(F)CC1CO1. The minimum Gasteiger partial charge on any atom is -0.497 e. The molecule has 2 saturated heterocycles. The number of benzene rings is 2. The van der Waals surface area contributed by atoms with Crippen LogP contribution in [0.25, 0.3) is 0 Å². The van der Waals surface area contributed by atoms with Crippen LogP contribution in [-0.4, -0.2) is 87.4 Å². The van der Waals surface area contributed by atoms with Crippen LogP contribution in [0.15, 0.2) is 48.5 Å². The average Bonchev–Trinajstić information content (AvgIpc) is 3.88. The van der Waals surface area contributed by atoms with Crippen LogP contribution in [0.1, 0.15) is 11.1 Å². The van der Waals surface area contributed by atoms with Crippen LogP contribution in [0.4, 0.5) is 13.1 Å². The van der Waals surface area contributed by atoms with Crippen LogP contribution in [0, 0.1) is 0 Å². The van der Waals surface area contributed by atoms with E-state index in [4.69, 9.17) is 27.2 Å². The van der Waals surface area contributed by atoms with E-state index in [2.05, 4.69) is 36.8 Å². The van der Waals surface area contributed by atoms with Gasteiger partial charge >= 0.3 is 6.99 Å². The van der Waals surface area contributed by atoms with Crippen LogP contribution >= 0.6 is 0 Å². The third kappa shape index (κ3) is 17.9. The lowest BCUT2D eigenvalue weighted by molar-refractivity contribution is 0.213. The second-order valence-electron chi connectivity index (χ2n) is 7.90. The topological polar surface area (TPSA) is 63.8 Å². The van der Waals surface area contributed by atoms with Gasteiger partial charge in [-0.25, -0.2) is 4.39 Å². The Morgan fingerprint density at radius 1 is 0.919 bits per heavy atom. The number of rotatable bonds is 10. The van der Waals surface area contributed by atoms with Crippen molar-refractivity contribution in [1.82, 2.24) is 0 Å². The third-order valence-electron chi connectivity index (χ3n) is 5.02. The molecule has 4 radical (unpaired) electrons. The van der Waals surface area contributed by atoms with Crippen molar-refractivity contribution in [2.45, 2.75) is 50.5 Å². The Kier molecular flexibility index (Phi) is 20.7. The number of methoxy groups -OCH3 is 2. The van der Waals surface area contributed by atoms with Gasteiger partial charge in [0.15, 0.2) is 0 Å². The van der Waals surface area contributed by atoms with Crippen molar-refractivity contribution < 1.29 is 37.2 Å². The maximum Gasteiger partial charge on any atom is 0.353 e. The summed E-state index contributed by atoms with van der Waals surface area (Å²) in [5.41, 5.74) is 2.55. The molecule has 0 aromatic heterocycles. The summed E-state index contributed by atoms with van der Waals surface area (Å²) in [5, 5.41) is 8.96. The number of ether oxygens (including phenoxy) is 4. The van der Waals surface area contributed by atoms with Crippen LogP contribution in [0.3, 0.4) is 0 Å². The molecule has 0 bridgehead atoms. The fraction of sp³-hybridized carbons (Fsp3) is 0.538. The van der Waals surface area contributed by atoms with E-state index in [0.29, 0.717) is 26.7 Å². The Bertz CT molecular complexity index is 735. The Labute approximate surface area is 223 Å². The maximum absolute atomic E-state index is 12.8. The highest BCUT2D eigenvalue weighted by Crippen LogP contribution is 2.20. The van der Waals surface area contributed by atoms with E-state index in [1.54, 1.807) is 14.2 Å². The number of halogens is 3. The molecule has 2 aromatic rings. The molecular weight excluding hydrogens is 482 g/mol. The van der Waals surface area contributed by atoms with Gasteiger partial charge in [-0.05, 0) is 54.5 Å². The highest BCUT2D eigenvalue weighted by molar-refractivity contribution is 6.51. The Hall–Kier alpha value is -2.10. The number of hydrogen-bond donors (Lipinski definition) is 1. The summed E-state index contributed by atoms with van der Waals surface area (Å²) < 4.78 is 53.0. The standard InChI is InChI=1S/C15H16O2.C6H11B2FO2.C3H5FO.CH3B.CH3F/c1-16-14-7-3-12(4-8-14)11-13-5-9-15(17-2)10-6-13;7-1-5(10)2-8(9)3-6-4-11-6;4-1-3-2-5-3;2*1-2/h3-10H,11H2,1-2H3;5-6,10H,1-4H2;3H,1-2H2;2*1H3. The van der Waals surface area contributed by atoms with Gasteiger partial charge < -0.3 is 28.4 Å². The van der Waals surface area contributed by atoms with Gasteiger partial charge in [-0.2, -0.15) is 0 Å². The summed E-state index contributed by atoms with van der Waals surface area (Å²) in [6.45, 7) is 1.52. The first-order chi connectivity index (χ1) is 18.0. The minimum absolute atomic E-state index is 0.0324. The average molecular weight is 520 g/mol. The summed E-state index contributed by atoms with van der Waals surface area (Å²) >= 11 is 0. The first-order valence-corrected chi connectivity index (χ1v) is 12.0. The molecule has 2 aliphatic heterocycles. The summed E-state index contributed by atoms with van der Waals surface area (Å²) in [7, 11) is 13.5. The molecule has 37 heavy (non-hydrogen) atoms. The lowest BCUT2D eigenvalue weighted by atomic mass is 9.61. The van der Waals surface area contributed by atoms with Gasteiger partial charge in [0.1, 0.15) is 24.3 Å². The van der Waals surface area contributed by atoms with E-state index in [1.165, 1.54) is 17.9 Å². The molecule has 2 fully saturated rings. The molecule has 0 amide bonds. The fourth-order valence-electron chi connectivity index (χ4n) is 2.86. The lowest BCUT2D eigenvalue weighted by Gasteiger charge is -2.07. The van der Waals surface area contributed by atoms with Gasteiger partial charge in [0.05, 0.1) is 56.4 Å². The maximum atomic E-state index is 12.8. The van der Waals surface area contributed by atoms with E-state index in [1.807, 2.05) is 24.3 Å². The van der Waals surface area contributed by atoms with Gasteiger partial charge in [-0.3, -0.25) is 4.39 Å². The second kappa shape index (κ2) is 21.9. The fourth-order valence-corrected chi connectivity index (χ4v) is 2.86. The highest BCUT2D eigenvalue weighted by Gasteiger charge is 2.30. The van der Waals surface area contributed by atoms with E-state index in [0.717, 1.165) is 17.9 Å². The van der Waals surface area contributed by atoms with Crippen LogP contribution in [-0.2, 0) is 15.9 Å². The molecule has 4 rings (SSSR count). The Morgan fingerprint density at radius 3 is 1.59 bits per heavy atom. The monoisotopic (exact) mass is 520 g/mol. The second-order valence-corrected chi connectivity index (χ2v) is 7.90. The molecule has 0 spiro atoms. The van der Waals surface area contributed by atoms with Gasteiger partial charge in [0.2, 0.25) is 0 Å². The zero-order valence-corrected chi connectivity index (χ0v) is 22.2. The molecule has 0 saturated carbocycles. The molecule has 1 N–H and O–H groups in total. The normalized spacial score (nSPS) is 16.9. The number of alkyl halides is 2. The van der Waals surface area contributed by atoms with Crippen molar-refractivity contribution in [1.29, 1.82) is 0 Å². The molecule has 202 valence electrons. The van der Waals surface area contributed by atoms with Gasteiger partial charge in [0, 0.05) is 6.10 Å². The molecule has 3 unspecified atom stereocenters. The summed E-state index contributed by atoms with van der Waals surface area (Å²) in [5.74, 6) is 1.78. The molecular formula is C26H38B3F3O5. The summed E-state index contributed by atoms with van der Waals surface area (Å²) in [6.07, 6.45) is 0.946. The molecule has 2 aliphatic rings. The quantitative estimate of drug-likeness (QED) is 0.363. The van der Waals surface area contributed by atoms with Gasteiger partial charge in [0.25, 0.3) is 0 Å². The zero-order valence-electron chi connectivity index (χ0n) is 22.2. The largest absolute Gasteiger partial charge is 0.497 e. The number of aliphatic hydroxyl groups excluding tert-OH is 1. The van der Waals surface area contributed by atoms with Crippen molar-refractivity contribution in [2.75, 3.05) is 41.3 Å². The summed E-state index contributed by atoms with van der Waals surface area (Å²) in [6, 6.07) is 16.3. The van der Waals surface area contributed by atoms with Crippen LogP contribution in [0.5, 0.6) is 11.5 Å². The van der Waals surface area contributed by atoms with E-state index in [9.17, 15) is 13.1 Å². The number of epoxide rings is 2. The van der Waals surface area contributed by atoms with E-state index < -0.39 is 13.1 Å². The van der Waals surface area contributed by atoms with Crippen molar-refractivity contribution >= 4 is 22.7 Å². The summed E-state index contributed by atoms with van der Waals surface area (Å²) in [4.78, 5) is 0. The van der Waals surface area contributed by atoms with Crippen molar-refractivity contribution in [3.63, 3.8) is 0 Å². The molecule has 0 aliphatic carbocycles. The first-order valence-electron chi connectivity index (χ1n) is 12.0.